The van der Waals surface area contributed by atoms with E-state index >= 15 is 0 Å². The Balaban J connectivity index is 2.15. The summed E-state index contributed by atoms with van der Waals surface area (Å²) in [6.07, 6.45) is 8.64. The van der Waals surface area contributed by atoms with E-state index in [2.05, 4.69) is 12.2 Å². The highest BCUT2D eigenvalue weighted by Crippen LogP contribution is 2.45. The molecule has 0 bridgehead atoms. The van der Waals surface area contributed by atoms with Crippen LogP contribution < -0.4 is 5.73 Å². The van der Waals surface area contributed by atoms with Gasteiger partial charge in [0.25, 0.3) is 0 Å². The van der Waals surface area contributed by atoms with Crippen molar-refractivity contribution in [1.29, 1.82) is 0 Å². The summed E-state index contributed by atoms with van der Waals surface area (Å²) in [7, 11) is 0. The number of phenols is 1. The molecule has 0 heterocycles. The van der Waals surface area contributed by atoms with Crippen LogP contribution in [0.5, 0.6) is 5.75 Å². The minimum absolute atomic E-state index is 0.249. The van der Waals surface area contributed by atoms with Crippen LogP contribution in [0.3, 0.4) is 0 Å². The lowest BCUT2D eigenvalue weighted by atomic mass is 9.65. The van der Waals surface area contributed by atoms with E-state index < -0.39 is 0 Å². The third-order valence-corrected chi connectivity index (χ3v) is 4.13. The predicted molar refractivity (Wildman–Crippen MR) is 64.2 cm³/mol. The topological polar surface area (TPSA) is 46.2 Å². The maximum absolute atomic E-state index is 9.62. The molecule has 2 atom stereocenters. The molecule has 1 aromatic rings. The van der Waals surface area contributed by atoms with Crippen LogP contribution >= 0.6 is 0 Å². The Morgan fingerprint density at radius 2 is 2.19 bits per heavy atom. The lowest BCUT2D eigenvalue weighted by Crippen LogP contribution is -2.48. The molecule has 0 radical (unpaired) electrons. The Morgan fingerprint density at radius 3 is 3.06 bits per heavy atom. The maximum Gasteiger partial charge on any atom is 0.115 e. The van der Waals surface area contributed by atoms with Crippen LogP contribution in [0.15, 0.2) is 30.4 Å². The van der Waals surface area contributed by atoms with E-state index in [4.69, 9.17) is 5.73 Å². The molecule has 3 rings (SSSR count). The number of aryl methyl sites for hydroxylation is 1. The first kappa shape index (κ1) is 9.91. The second kappa shape index (κ2) is 3.36. The molecule has 2 aliphatic rings. The number of nitrogens with two attached hydrogens (primary N) is 1. The van der Waals surface area contributed by atoms with E-state index in [1.807, 2.05) is 12.1 Å². The zero-order valence-corrected chi connectivity index (χ0v) is 9.32. The lowest BCUT2D eigenvalue weighted by molar-refractivity contribution is 0.231. The van der Waals surface area contributed by atoms with Gasteiger partial charge in [-0.3, -0.25) is 0 Å². The van der Waals surface area contributed by atoms with Crippen molar-refractivity contribution < 1.29 is 5.11 Å². The van der Waals surface area contributed by atoms with Crippen LogP contribution in [0.1, 0.15) is 30.4 Å². The summed E-state index contributed by atoms with van der Waals surface area (Å²) in [6, 6.07) is 5.65. The fraction of sp³-hybridized carbons (Fsp3) is 0.429. The van der Waals surface area contributed by atoms with Crippen LogP contribution in [0.4, 0.5) is 0 Å². The van der Waals surface area contributed by atoms with Crippen LogP contribution in [0.25, 0.3) is 0 Å². The molecule has 0 aliphatic heterocycles. The van der Waals surface area contributed by atoms with Gasteiger partial charge in [0.2, 0.25) is 0 Å². The van der Waals surface area contributed by atoms with Gasteiger partial charge in [-0.15, -0.1) is 0 Å². The van der Waals surface area contributed by atoms with Gasteiger partial charge in [0.15, 0.2) is 0 Å². The summed E-state index contributed by atoms with van der Waals surface area (Å²) in [5.74, 6) is 0.866. The van der Waals surface area contributed by atoms with Crippen molar-refractivity contribution in [2.75, 3.05) is 0 Å². The minimum Gasteiger partial charge on any atom is -0.508 e. The molecule has 0 saturated heterocycles. The van der Waals surface area contributed by atoms with Crippen LogP contribution in [0.2, 0.25) is 0 Å². The Hall–Kier alpha value is -1.28. The number of aromatic hydroxyl groups is 1. The van der Waals surface area contributed by atoms with Gasteiger partial charge >= 0.3 is 0 Å². The van der Waals surface area contributed by atoms with Gasteiger partial charge in [0, 0.05) is 5.54 Å². The Kier molecular flexibility index (Phi) is 2.08. The highest BCUT2D eigenvalue weighted by Gasteiger charge is 2.41. The zero-order valence-electron chi connectivity index (χ0n) is 9.32. The second-order valence-corrected chi connectivity index (χ2v) is 5.03. The average Bonchev–Trinajstić information content (AvgIpc) is 2.29. The summed E-state index contributed by atoms with van der Waals surface area (Å²) in [5, 5.41) is 9.62. The predicted octanol–water partition coefficient (Wildman–Crippen LogP) is 2.46. The van der Waals surface area contributed by atoms with Crippen LogP contribution in [-0.4, -0.2) is 5.11 Å². The Labute approximate surface area is 95.8 Å². The van der Waals surface area contributed by atoms with E-state index in [-0.39, 0.29) is 5.54 Å². The highest BCUT2D eigenvalue weighted by molar-refractivity contribution is 5.43. The molecule has 0 aromatic heterocycles. The van der Waals surface area contributed by atoms with E-state index in [0.717, 1.165) is 24.8 Å². The second-order valence-electron chi connectivity index (χ2n) is 5.03. The van der Waals surface area contributed by atoms with Crippen molar-refractivity contribution in [3.63, 3.8) is 0 Å². The molecular formula is C14H17NO. The first-order valence-electron chi connectivity index (χ1n) is 5.96. The number of allylic oxidation sites excluding steroid dienone is 1. The molecule has 0 amide bonds. The van der Waals surface area contributed by atoms with Gasteiger partial charge in [-0.25, -0.2) is 0 Å². The first-order chi connectivity index (χ1) is 7.70. The fourth-order valence-corrected chi connectivity index (χ4v) is 3.17. The Morgan fingerprint density at radius 1 is 1.31 bits per heavy atom. The van der Waals surface area contributed by atoms with Gasteiger partial charge in [0.05, 0.1) is 0 Å². The van der Waals surface area contributed by atoms with Crippen molar-refractivity contribution in [1.82, 2.24) is 0 Å². The van der Waals surface area contributed by atoms with E-state index in [1.54, 1.807) is 6.07 Å². The van der Waals surface area contributed by atoms with Crippen molar-refractivity contribution in [2.45, 2.75) is 31.2 Å². The molecular weight excluding hydrogens is 198 g/mol. The van der Waals surface area contributed by atoms with Crippen molar-refractivity contribution >= 4 is 0 Å². The van der Waals surface area contributed by atoms with Gasteiger partial charge in [-0.05, 0) is 54.9 Å². The fourth-order valence-electron chi connectivity index (χ4n) is 3.17. The number of fused-ring (bicyclic) bond motifs is 3. The van der Waals surface area contributed by atoms with Gasteiger partial charge in [0.1, 0.15) is 5.75 Å². The summed E-state index contributed by atoms with van der Waals surface area (Å²) < 4.78 is 0. The molecule has 84 valence electrons. The van der Waals surface area contributed by atoms with Crippen molar-refractivity contribution in [3.05, 3.63) is 41.5 Å². The standard InChI is InChI=1S/C14H17NO/c15-14-8-2-1-3-11(14)6-4-10-5-7-12(16)9-13(10)14/h1-2,5,7,9,11,16H,3-4,6,8,15H2/t11-,14+/m0/s1. The smallest absolute Gasteiger partial charge is 0.115 e. The van der Waals surface area contributed by atoms with E-state index in [0.29, 0.717) is 11.7 Å². The monoisotopic (exact) mass is 215 g/mol. The van der Waals surface area contributed by atoms with Gasteiger partial charge < -0.3 is 10.8 Å². The molecule has 2 heteroatoms. The number of rotatable bonds is 0. The normalized spacial score (nSPS) is 31.9. The number of hydrogen-bond donors (Lipinski definition) is 2. The summed E-state index contributed by atoms with van der Waals surface area (Å²) in [6.45, 7) is 0. The Bertz CT molecular complexity index is 452. The van der Waals surface area contributed by atoms with Crippen molar-refractivity contribution in [3.8, 4) is 5.75 Å². The van der Waals surface area contributed by atoms with Crippen LogP contribution in [-0.2, 0) is 12.0 Å². The zero-order chi connectivity index (χ0) is 11.2. The first-order valence-corrected chi connectivity index (χ1v) is 5.96. The summed E-state index contributed by atoms with van der Waals surface area (Å²) in [4.78, 5) is 0. The molecule has 1 aromatic carbocycles. The van der Waals surface area contributed by atoms with Crippen LogP contribution in [0, 0.1) is 5.92 Å². The summed E-state index contributed by atoms with van der Waals surface area (Å²) >= 11 is 0. The average molecular weight is 215 g/mol. The third-order valence-electron chi connectivity index (χ3n) is 4.13. The third kappa shape index (κ3) is 1.30. The summed E-state index contributed by atoms with van der Waals surface area (Å²) in [5.41, 5.74) is 8.81. The lowest BCUT2D eigenvalue weighted by Gasteiger charge is -2.44. The SMILES string of the molecule is N[C@]12CC=CC[C@H]1CCc1ccc(O)cc12. The van der Waals surface area contributed by atoms with Crippen molar-refractivity contribution in [2.24, 2.45) is 11.7 Å². The molecule has 0 spiro atoms. The van der Waals surface area contributed by atoms with E-state index in [9.17, 15) is 5.11 Å². The molecule has 3 N–H and O–H groups in total. The van der Waals surface area contributed by atoms with Gasteiger partial charge in [-0.2, -0.15) is 0 Å². The molecule has 0 fully saturated rings. The molecule has 0 unspecified atom stereocenters. The van der Waals surface area contributed by atoms with E-state index in [1.165, 1.54) is 12.0 Å². The highest BCUT2D eigenvalue weighted by atomic mass is 16.3. The number of hydrogen-bond acceptors (Lipinski definition) is 2. The maximum atomic E-state index is 9.62. The largest absolute Gasteiger partial charge is 0.508 e. The quantitative estimate of drug-likeness (QED) is 0.653. The molecule has 0 saturated carbocycles. The molecule has 16 heavy (non-hydrogen) atoms. The molecule has 2 aliphatic carbocycles. The minimum atomic E-state index is -0.249. The number of phenolic OH excluding ortho intramolecular Hbond substituents is 1. The number of benzene rings is 1. The molecule has 2 nitrogen and oxygen atoms in total. The van der Waals surface area contributed by atoms with Gasteiger partial charge in [-0.1, -0.05) is 18.2 Å².